The zero-order valence-corrected chi connectivity index (χ0v) is 13.2. The lowest BCUT2D eigenvalue weighted by Gasteiger charge is -2.33. The quantitative estimate of drug-likeness (QED) is 0.938. The molecule has 0 spiro atoms. The highest BCUT2D eigenvalue weighted by atomic mass is 16.5. The zero-order valence-electron chi connectivity index (χ0n) is 13.2. The number of hydrogen-bond donors (Lipinski definition) is 1. The summed E-state index contributed by atoms with van der Waals surface area (Å²) in [5.41, 5.74) is 9.67. The summed E-state index contributed by atoms with van der Waals surface area (Å²) in [6.45, 7) is 4.74. The lowest BCUT2D eigenvalue weighted by atomic mass is 10.0. The average Bonchev–Trinajstić information content (AvgIpc) is 2.55. The number of anilines is 1. The fourth-order valence-corrected chi connectivity index (χ4v) is 2.87. The summed E-state index contributed by atoms with van der Waals surface area (Å²) in [5.74, 6) is 0.963. The van der Waals surface area contributed by atoms with E-state index < -0.39 is 0 Å². The van der Waals surface area contributed by atoms with Gasteiger partial charge in [-0.3, -0.25) is 0 Å². The van der Waals surface area contributed by atoms with E-state index in [0.29, 0.717) is 12.6 Å². The first-order chi connectivity index (χ1) is 10.7. The van der Waals surface area contributed by atoms with Crippen LogP contribution in [-0.4, -0.2) is 19.1 Å². The summed E-state index contributed by atoms with van der Waals surface area (Å²) >= 11 is 0. The molecule has 0 amide bonds. The number of hydrogen-bond acceptors (Lipinski definition) is 3. The second-order valence-electron chi connectivity index (χ2n) is 6.07. The Bertz CT molecular complexity index is 604. The summed E-state index contributed by atoms with van der Waals surface area (Å²) < 4.78 is 6.09. The van der Waals surface area contributed by atoms with Gasteiger partial charge in [0.1, 0.15) is 12.4 Å². The molecule has 3 nitrogen and oxygen atoms in total. The summed E-state index contributed by atoms with van der Waals surface area (Å²) in [6.07, 6.45) is 2.10. The van der Waals surface area contributed by atoms with Crippen molar-refractivity contribution < 1.29 is 4.74 Å². The van der Waals surface area contributed by atoms with Gasteiger partial charge in [0, 0.05) is 19.1 Å². The zero-order chi connectivity index (χ0) is 15.4. The molecule has 0 unspecified atom stereocenters. The van der Waals surface area contributed by atoms with Crippen molar-refractivity contribution >= 4 is 5.69 Å². The largest absolute Gasteiger partial charge is 0.487 e. The minimum Gasteiger partial charge on any atom is -0.487 e. The van der Waals surface area contributed by atoms with Gasteiger partial charge in [-0.2, -0.15) is 0 Å². The normalized spacial score (nSPS) is 15.8. The Morgan fingerprint density at radius 3 is 2.55 bits per heavy atom. The highest BCUT2D eigenvalue weighted by Crippen LogP contribution is 2.32. The molecule has 1 aliphatic rings. The summed E-state index contributed by atoms with van der Waals surface area (Å²) in [4.78, 5) is 2.40. The van der Waals surface area contributed by atoms with Crippen LogP contribution in [-0.2, 0) is 6.61 Å². The molecule has 1 heterocycles. The number of nitrogens with zero attached hydrogens (tertiary/aromatic N) is 1. The third kappa shape index (κ3) is 3.60. The van der Waals surface area contributed by atoms with Gasteiger partial charge in [0.05, 0.1) is 5.69 Å². The van der Waals surface area contributed by atoms with E-state index in [1.807, 2.05) is 18.2 Å². The van der Waals surface area contributed by atoms with Crippen molar-refractivity contribution in [1.29, 1.82) is 0 Å². The van der Waals surface area contributed by atoms with Gasteiger partial charge in [-0.1, -0.05) is 36.4 Å². The van der Waals surface area contributed by atoms with E-state index in [0.717, 1.165) is 31.7 Å². The highest BCUT2D eigenvalue weighted by molar-refractivity contribution is 5.60. The maximum absolute atomic E-state index is 6.09. The predicted molar refractivity (Wildman–Crippen MR) is 91.4 cm³/mol. The second-order valence-corrected chi connectivity index (χ2v) is 6.07. The van der Waals surface area contributed by atoms with E-state index >= 15 is 0 Å². The van der Waals surface area contributed by atoms with E-state index in [4.69, 9.17) is 10.5 Å². The van der Waals surface area contributed by atoms with Gasteiger partial charge in [-0.05, 0) is 43.0 Å². The average molecular weight is 296 g/mol. The molecule has 0 aromatic heterocycles. The van der Waals surface area contributed by atoms with Crippen molar-refractivity contribution in [2.45, 2.75) is 32.4 Å². The molecule has 2 aromatic rings. The maximum Gasteiger partial charge on any atom is 0.143 e. The third-order valence-electron chi connectivity index (χ3n) is 4.23. The number of piperidine rings is 1. The first-order valence-electron chi connectivity index (χ1n) is 8.00. The van der Waals surface area contributed by atoms with Crippen molar-refractivity contribution in [3.05, 3.63) is 59.7 Å². The molecule has 0 radical (unpaired) electrons. The van der Waals surface area contributed by atoms with Gasteiger partial charge in [0.25, 0.3) is 0 Å². The number of benzene rings is 2. The van der Waals surface area contributed by atoms with Crippen LogP contribution in [0.3, 0.4) is 0 Å². The minimum atomic E-state index is 0.342. The Hall–Kier alpha value is -2.00. The van der Waals surface area contributed by atoms with Gasteiger partial charge in [0.15, 0.2) is 0 Å². The predicted octanol–water partition coefficient (Wildman–Crippen LogP) is 3.50. The standard InChI is InChI=1S/C19H24N2O/c1-15-7-8-19(22-14-16-5-3-2-4-6-16)18(13-15)21-11-9-17(20)10-12-21/h2-8,13,17H,9-12,14,20H2,1H3. The molecule has 3 heteroatoms. The van der Waals surface area contributed by atoms with Gasteiger partial charge >= 0.3 is 0 Å². The lowest BCUT2D eigenvalue weighted by molar-refractivity contribution is 0.305. The monoisotopic (exact) mass is 296 g/mol. The lowest BCUT2D eigenvalue weighted by Crippen LogP contribution is -2.39. The molecular formula is C19H24N2O. The fraction of sp³-hybridized carbons (Fsp3) is 0.368. The molecule has 3 rings (SSSR count). The molecule has 0 bridgehead atoms. The van der Waals surface area contributed by atoms with E-state index in [1.165, 1.54) is 16.8 Å². The summed E-state index contributed by atoms with van der Waals surface area (Å²) in [6, 6.07) is 17.1. The van der Waals surface area contributed by atoms with Crippen molar-refractivity contribution in [3.8, 4) is 5.75 Å². The molecule has 1 saturated heterocycles. The van der Waals surface area contributed by atoms with Crippen LogP contribution in [0.4, 0.5) is 5.69 Å². The van der Waals surface area contributed by atoms with Crippen molar-refractivity contribution in [2.75, 3.05) is 18.0 Å². The summed E-state index contributed by atoms with van der Waals surface area (Å²) in [7, 11) is 0. The molecule has 0 aliphatic carbocycles. The maximum atomic E-state index is 6.09. The van der Waals surface area contributed by atoms with E-state index in [2.05, 4.69) is 42.2 Å². The Morgan fingerprint density at radius 1 is 1.09 bits per heavy atom. The number of nitrogens with two attached hydrogens (primary N) is 1. The summed E-state index contributed by atoms with van der Waals surface area (Å²) in [5, 5.41) is 0. The van der Waals surface area contributed by atoms with Gasteiger partial charge in [-0.15, -0.1) is 0 Å². The van der Waals surface area contributed by atoms with E-state index in [9.17, 15) is 0 Å². The molecule has 116 valence electrons. The molecule has 2 N–H and O–H groups in total. The first-order valence-corrected chi connectivity index (χ1v) is 8.00. The van der Waals surface area contributed by atoms with Crippen molar-refractivity contribution in [2.24, 2.45) is 5.73 Å². The number of aryl methyl sites for hydroxylation is 1. The fourth-order valence-electron chi connectivity index (χ4n) is 2.87. The van der Waals surface area contributed by atoms with Crippen LogP contribution in [0.5, 0.6) is 5.75 Å². The SMILES string of the molecule is Cc1ccc(OCc2ccccc2)c(N2CCC(N)CC2)c1. The van der Waals surface area contributed by atoms with Crippen molar-refractivity contribution in [3.63, 3.8) is 0 Å². The first kappa shape index (κ1) is 14.9. The van der Waals surface area contributed by atoms with E-state index in [1.54, 1.807) is 0 Å². The smallest absolute Gasteiger partial charge is 0.143 e. The van der Waals surface area contributed by atoms with Crippen LogP contribution in [0, 0.1) is 6.92 Å². The third-order valence-corrected chi connectivity index (χ3v) is 4.23. The minimum absolute atomic E-state index is 0.342. The topological polar surface area (TPSA) is 38.5 Å². The Kier molecular flexibility index (Phi) is 4.64. The molecule has 2 aromatic carbocycles. The Labute approximate surface area is 132 Å². The molecule has 0 saturated carbocycles. The van der Waals surface area contributed by atoms with Gasteiger partial charge in [-0.25, -0.2) is 0 Å². The molecule has 22 heavy (non-hydrogen) atoms. The number of rotatable bonds is 4. The molecule has 0 atom stereocenters. The molecule has 1 aliphatic heterocycles. The van der Waals surface area contributed by atoms with Crippen LogP contribution in [0.2, 0.25) is 0 Å². The van der Waals surface area contributed by atoms with Crippen LogP contribution in [0.25, 0.3) is 0 Å². The van der Waals surface area contributed by atoms with Crippen LogP contribution >= 0.6 is 0 Å². The molecular weight excluding hydrogens is 272 g/mol. The second kappa shape index (κ2) is 6.84. The number of ether oxygens (including phenoxy) is 1. The van der Waals surface area contributed by atoms with Crippen LogP contribution < -0.4 is 15.4 Å². The van der Waals surface area contributed by atoms with Gasteiger partial charge < -0.3 is 15.4 Å². The van der Waals surface area contributed by atoms with Gasteiger partial charge in [0.2, 0.25) is 0 Å². The Morgan fingerprint density at radius 2 is 1.82 bits per heavy atom. The Balaban J connectivity index is 1.76. The van der Waals surface area contributed by atoms with Crippen LogP contribution in [0.1, 0.15) is 24.0 Å². The highest BCUT2D eigenvalue weighted by Gasteiger charge is 2.19. The van der Waals surface area contributed by atoms with E-state index in [-0.39, 0.29) is 0 Å². The van der Waals surface area contributed by atoms with Crippen molar-refractivity contribution in [1.82, 2.24) is 0 Å². The molecule has 1 fully saturated rings. The van der Waals surface area contributed by atoms with Crippen LogP contribution in [0.15, 0.2) is 48.5 Å².